The van der Waals surface area contributed by atoms with E-state index in [9.17, 15) is 0 Å². The largest absolute Gasteiger partial charge is 0.393 e. The maximum atomic E-state index is 9.10. The van der Waals surface area contributed by atoms with Crippen molar-refractivity contribution >= 4 is 5.96 Å². The average Bonchev–Trinajstić information content (AvgIpc) is 2.37. The molecule has 2 atom stereocenters. The van der Waals surface area contributed by atoms with E-state index in [1.807, 2.05) is 6.92 Å². The summed E-state index contributed by atoms with van der Waals surface area (Å²) in [6.07, 6.45) is 0.496. The zero-order chi connectivity index (χ0) is 8.97. The van der Waals surface area contributed by atoms with Crippen LogP contribution in [0.15, 0.2) is 4.99 Å². The van der Waals surface area contributed by atoms with E-state index in [4.69, 9.17) is 5.11 Å². The topological polar surface area (TPSA) is 56.6 Å². The van der Waals surface area contributed by atoms with Gasteiger partial charge in [0.1, 0.15) is 0 Å². The molecule has 0 radical (unpaired) electrons. The molecule has 1 aliphatic heterocycles. The van der Waals surface area contributed by atoms with Crippen LogP contribution in [0.25, 0.3) is 0 Å². The molecule has 12 heavy (non-hydrogen) atoms. The van der Waals surface area contributed by atoms with Gasteiger partial charge in [-0.25, -0.2) is 0 Å². The third-order valence-corrected chi connectivity index (χ3v) is 1.75. The number of nitrogens with one attached hydrogen (secondary N) is 2. The molecular formula is C8H17N3O. The van der Waals surface area contributed by atoms with Crippen molar-refractivity contribution in [1.82, 2.24) is 10.6 Å². The second-order valence-electron chi connectivity index (χ2n) is 3.29. The van der Waals surface area contributed by atoms with Gasteiger partial charge in [-0.05, 0) is 20.3 Å². The molecule has 0 aliphatic carbocycles. The van der Waals surface area contributed by atoms with Crippen molar-refractivity contribution in [3.63, 3.8) is 0 Å². The molecule has 4 nitrogen and oxygen atoms in total. The maximum absolute atomic E-state index is 9.10. The van der Waals surface area contributed by atoms with Crippen LogP contribution < -0.4 is 10.6 Å². The minimum Gasteiger partial charge on any atom is -0.393 e. The summed E-state index contributed by atoms with van der Waals surface area (Å²) in [5, 5.41) is 15.4. The minimum absolute atomic E-state index is 0.255. The Morgan fingerprint density at radius 1 is 1.67 bits per heavy atom. The smallest absolute Gasteiger partial charge is 0.191 e. The van der Waals surface area contributed by atoms with Crippen LogP contribution in [0.3, 0.4) is 0 Å². The Balaban J connectivity index is 2.21. The van der Waals surface area contributed by atoms with Gasteiger partial charge in [0.2, 0.25) is 0 Å². The van der Waals surface area contributed by atoms with Gasteiger partial charge in [0.15, 0.2) is 5.96 Å². The molecule has 2 unspecified atom stereocenters. The summed E-state index contributed by atoms with van der Waals surface area (Å²) in [4.78, 5) is 4.20. The molecular weight excluding hydrogens is 154 g/mol. The highest BCUT2D eigenvalue weighted by atomic mass is 16.3. The lowest BCUT2D eigenvalue weighted by Crippen LogP contribution is -2.40. The molecule has 1 aliphatic rings. The fourth-order valence-corrected chi connectivity index (χ4v) is 1.30. The summed E-state index contributed by atoms with van der Waals surface area (Å²) >= 11 is 0. The van der Waals surface area contributed by atoms with Crippen molar-refractivity contribution in [2.45, 2.75) is 32.4 Å². The summed E-state index contributed by atoms with van der Waals surface area (Å²) in [7, 11) is 0. The van der Waals surface area contributed by atoms with E-state index in [1.165, 1.54) is 0 Å². The summed E-state index contributed by atoms with van der Waals surface area (Å²) < 4.78 is 0. The van der Waals surface area contributed by atoms with E-state index < -0.39 is 0 Å². The molecule has 0 saturated heterocycles. The first kappa shape index (κ1) is 9.32. The van der Waals surface area contributed by atoms with Gasteiger partial charge in [-0.3, -0.25) is 4.99 Å². The zero-order valence-corrected chi connectivity index (χ0v) is 7.67. The molecule has 0 fully saturated rings. The van der Waals surface area contributed by atoms with Gasteiger partial charge >= 0.3 is 0 Å². The Kier molecular flexibility index (Phi) is 3.34. The Morgan fingerprint density at radius 3 is 2.92 bits per heavy atom. The van der Waals surface area contributed by atoms with Gasteiger partial charge in [0, 0.05) is 12.6 Å². The van der Waals surface area contributed by atoms with Crippen molar-refractivity contribution in [3.05, 3.63) is 0 Å². The predicted octanol–water partition coefficient (Wildman–Crippen LogP) is -0.305. The van der Waals surface area contributed by atoms with Crippen molar-refractivity contribution in [2.75, 3.05) is 13.1 Å². The van der Waals surface area contributed by atoms with Gasteiger partial charge in [-0.15, -0.1) is 0 Å². The van der Waals surface area contributed by atoms with Crippen LogP contribution in [0.5, 0.6) is 0 Å². The second-order valence-corrected chi connectivity index (χ2v) is 3.29. The number of guanidine groups is 1. The zero-order valence-electron chi connectivity index (χ0n) is 7.67. The highest BCUT2D eigenvalue weighted by Crippen LogP contribution is 1.96. The minimum atomic E-state index is -0.255. The molecule has 0 aromatic heterocycles. The lowest BCUT2D eigenvalue weighted by molar-refractivity contribution is 0.174. The van der Waals surface area contributed by atoms with Crippen LogP contribution in [0, 0.1) is 0 Å². The summed E-state index contributed by atoms with van der Waals surface area (Å²) in [6.45, 7) is 5.60. The summed E-state index contributed by atoms with van der Waals surface area (Å²) in [5.74, 6) is 0.864. The highest BCUT2D eigenvalue weighted by molar-refractivity contribution is 5.81. The van der Waals surface area contributed by atoms with E-state index in [0.717, 1.165) is 25.5 Å². The Labute approximate surface area is 73.1 Å². The fourth-order valence-electron chi connectivity index (χ4n) is 1.30. The predicted molar refractivity (Wildman–Crippen MR) is 49.2 cm³/mol. The second kappa shape index (κ2) is 4.30. The highest BCUT2D eigenvalue weighted by Gasteiger charge is 2.10. The van der Waals surface area contributed by atoms with Crippen molar-refractivity contribution in [3.8, 4) is 0 Å². The lowest BCUT2D eigenvalue weighted by atomic mass is 10.2. The summed E-state index contributed by atoms with van der Waals surface area (Å²) in [6, 6.07) is 0.273. The van der Waals surface area contributed by atoms with Gasteiger partial charge in [0.25, 0.3) is 0 Å². The molecule has 0 spiro atoms. The molecule has 4 heteroatoms. The van der Waals surface area contributed by atoms with Crippen LogP contribution in [-0.4, -0.2) is 36.3 Å². The quantitative estimate of drug-likeness (QED) is 0.546. The first-order chi connectivity index (χ1) is 5.68. The first-order valence-electron chi connectivity index (χ1n) is 4.41. The monoisotopic (exact) mass is 171 g/mol. The van der Waals surface area contributed by atoms with Crippen molar-refractivity contribution in [2.24, 2.45) is 4.99 Å². The third-order valence-electron chi connectivity index (χ3n) is 1.75. The molecule has 1 rings (SSSR count). The van der Waals surface area contributed by atoms with Crippen LogP contribution in [0.4, 0.5) is 0 Å². The molecule has 0 bridgehead atoms. The number of rotatable bonds is 3. The number of hydrogen-bond acceptors (Lipinski definition) is 4. The van der Waals surface area contributed by atoms with Crippen LogP contribution >= 0.6 is 0 Å². The molecule has 0 aromatic carbocycles. The van der Waals surface area contributed by atoms with Gasteiger partial charge in [-0.1, -0.05) is 0 Å². The third kappa shape index (κ3) is 3.09. The SMILES string of the molecule is CC(O)CC(C)NC1=NCCN1. The molecule has 3 N–H and O–H groups in total. The van der Waals surface area contributed by atoms with Gasteiger partial charge in [-0.2, -0.15) is 0 Å². The standard InChI is InChI=1S/C8H17N3O/c1-6(5-7(2)12)11-8-9-3-4-10-8/h6-7,12H,3-5H2,1-2H3,(H2,9,10,11). The van der Waals surface area contributed by atoms with E-state index in [-0.39, 0.29) is 12.1 Å². The molecule has 70 valence electrons. The van der Waals surface area contributed by atoms with E-state index in [2.05, 4.69) is 15.6 Å². The van der Waals surface area contributed by atoms with Gasteiger partial charge < -0.3 is 15.7 Å². The molecule has 0 aromatic rings. The Bertz CT molecular complexity index is 168. The number of nitrogens with zero attached hydrogens (tertiary/aromatic N) is 1. The van der Waals surface area contributed by atoms with E-state index in [0.29, 0.717) is 0 Å². The normalized spacial score (nSPS) is 21.1. The van der Waals surface area contributed by atoms with Crippen LogP contribution in [0.2, 0.25) is 0 Å². The summed E-state index contributed by atoms with van der Waals surface area (Å²) in [5.41, 5.74) is 0. The van der Waals surface area contributed by atoms with Crippen LogP contribution in [-0.2, 0) is 0 Å². The Hall–Kier alpha value is -0.770. The van der Waals surface area contributed by atoms with Crippen LogP contribution in [0.1, 0.15) is 20.3 Å². The van der Waals surface area contributed by atoms with E-state index >= 15 is 0 Å². The number of hydrogen-bond donors (Lipinski definition) is 3. The number of aliphatic hydroxyl groups excluding tert-OH is 1. The van der Waals surface area contributed by atoms with E-state index in [1.54, 1.807) is 6.92 Å². The molecule has 0 amide bonds. The van der Waals surface area contributed by atoms with Gasteiger partial charge in [0.05, 0.1) is 12.6 Å². The number of aliphatic imine (C=N–C) groups is 1. The first-order valence-corrected chi connectivity index (χ1v) is 4.41. The average molecular weight is 171 g/mol. The van der Waals surface area contributed by atoms with Crippen molar-refractivity contribution in [1.29, 1.82) is 0 Å². The van der Waals surface area contributed by atoms with Crippen molar-refractivity contribution < 1.29 is 5.11 Å². The molecule has 1 heterocycles. The Morgan fingerprint density at radius 2 is 2.42 bits per heavy atom. The molecule has 0 saturated carbocycles. The maximum Gasteiger partial charge on any atom is 0.191 e. The number of aliphatic hydroxyl groups is 1. The fraction of sp³-hybridized carbons (Fsp3) is 0.875. The lowest BCUT2D eigenvalue weighted by Gasteiger charge is -2.16.